The Balaban J connectivity index is 1.19. The molecule has 0 amide bonds. The van der Waals surface area contributed by atoms with E-state index >= 15 is 0 Å². The van der Waals surface area contributed by atoms with Crippen molar-refractivity contribution in [2.45, 2.75) is 5.41 Å². The Morgan fingerprint density at radius 3 is 1.47 bits per heavy atom. The predicted molar refractivity (Wildman–Crippen MR) is 227 cm³/mol. The second-order valence-corrected chi connectivity index (χ2v) is 14.8. The van der Waals surface area contributed by atoms with Crippen LogP contribution in [0, 0.1) is 0 Å². The molecule has 1 aliphatic rings. The Hall–Kier alpha value is -7.16. The van der Waals surface area contributed by atoms with Crippen molar-refractivity contribution in [1.29, 1.82) is 0 Å². The summed E-state index contributed by atoms with van der Waals surface area (Å²) in [6.45, 7) is 0. The Kier molecular flexibility index (Phi) is 6.29. The van der Waals surface area contributed by atoms with E-state index in [0.717, 1.165) is 60.6 Å². The molecule has 256 valence electrons. The first-order valence-corrected chi connectivity index (χ1v) is 18.9. The van der Waals surface area contributed by atoms with E-state index < -0.39 is 5.41 Å². The number of hydrogen-bond acceptors (Lipinski definition) is 2. The van der Waals surface area contributed by atoms with Crippen molar-refractivity contribution in [3.8, 4) is 33.4 Å². The minimum atomic E-state index is -0.605. The predicted octanol–water partition coefficient (Wildman–Crippen LogP) is 14.3. The first kappa shape index (κ1) is 30.3. The summed E-state index contributed by atoms with van der Waals surface area (Å²) in [4.78, 5) is 0. The standard InChI is InChI=1S/C53H32O2/c1-3-14-37(15-4-1)53(38-16-5-2-6-17-38)46-30-33(34-23-26-42-40-19-9-11-21-47(40)54-49(42)31-34)24-28-44(46)51-45(29-35-13-7-8-18-39(35)52(51)53)36-25-27-43-41-20-10-12-22-48(41)55-50(43)32-36/h1-32H. The van der Waals surface area contributed by atoms with Gasteiger partial charge in [0.15, 0.2) is 0 Å². The molecule has 0 saturated carbocycles. The number of benzene rings is 9. The van der Waals surface area contributed by atoms with Crippen molar-refractivity contribution in [3.63, 3.8) is 0 Å². The van der Waals surface area contributed by atoms with Crippen LogP contribution in [0.4, 0.5) is 0 Å². The molecule has 12 rings (SSSR count). The van der Waals surface area contributed by atoms with E-state index in [4.69, 9.17) is 8.83 Å². The van der Waals surface area contributed by atoms with Crippen LogP contribution < -0.4 is 0 Å². The van der Waals surface area contributed by atoms with Crippen LogP contribution >= 0.6 is 0 Å². The van der Waals surface area contributed by atoms with Crippen LogP contribution in [0.3, 0.4) is 0 Å². The third-order valence-electron chi connectivity index (χ3n) is 11.9. The van der Waals surface area contributed by atoms with Crippen molar-refractivity contribution in [1.82, 2.24) is 0 Å². The zero-order chi connectivity index (χ0) is 36.1. The molecule has 0 spiro atoms. The monoisotopic (exact) mass is 700 g/mol. The Morgan fingerprint density at radius 1 is 0.327 bits per heavy atom. The molecular formula is C53H32O2. The second kappa shape index (κ2) is 11.4. The zero-order valence-electron chi connectivity index (χ0n) is 29.8. The molecule has 0 aliphatic heterocycles. The van der Waals surface area contributed by atoms with Crippen LogP contribution in [0.15, 0.2) is 203 Å². The molecule has 11 aromatic rings. The lowest BCUT2D eigenvalue weighted by atomic mass is 9.66. The average Bonchev–Trinajstić information content (AvgIpc) is 3.92. The minimum Gasteiger partial charge on any atom is -0.456 e. The normalized spacial score (nSPS) is 13.2. The van der Waals surface area contributed by atoms with Gasteiger partial charge in [0.25, 0.3) is 0 Å². The molecule has 2 heteroatoms. The van der Waals surface area contributed by atoms with E-state index in [2.05, 4.69) is 176 Å². The summed E-state index contributed by atoms with van der Waals surface area (Å²) < 4.78 is 12.9. The first-order valence-electron chi connectivity index (χ1n) is 18.9. The molecule has 0 atom stereocenters. The fourth-order valence-electron chi connectivity index (χ4n) is 9.57. The summed E-state index contributed by atoms with van der Waals surface area (Å²) in [6.07, 6.45) is 0. The molecule has 2 nitrogen and oxygen atoms in total. The summed E-state index contributed by atoms with van der Waals surface area (Å²) in [5, 5.41) is 7.00. The van der Waals surface area contributed by atoms with Gasteiger partial charge in [-0.05, 0) is 115 Å². The molecular weight excluding hydrogens is 669 g/mol. The first-order chi connectivity index (χ1) is 27.3. The SMILES string of the molecule is c1ccc(C2(c3ccccc3)c3cc(-c4ccc5c(c4)oc4ccccc45)ccc3-c3c(-c4ccc5c(c4)oc4ccccc45)cc4ccccc4c32)cc1. The van der Waals surface area contributed by atoms with Crippen LogP contribution in [-0.2, 0) is 5.41 Å². The highest BCUT2D eigenvalue weighted by Gasteiger charge is 2.48. The molecule has 55 heavy (non-hydrogen) atoms. The zero-order valence-corrected chi connectivity index (χ0v) is 29.8. The van der Waals surface area contributed by atoms with E-state index in [1.165, 1.54) is 49.7 Å². The molecule has 0 fully saturated rings. The van der Waals surface area contributed by atoms with E-state index in [-0.39, 0.29) is 0 Å². The number of fused-ring (bicyclic) bond motifs is 11. The van der Waals surface area contributed by atoms with Gasteiger partial charge in [-0.2, -0.15) is 0 Å². The number of hydrogen-bond donors (Lipinski definition) is 0. The van der Waals surface area contributed by atoms with Gasteiger partial charge in [0.2, 0.25) is 0 Å². The van der Waals surface area contributed by atoms with Gasteiger partial charge in [0, 0.05) is 21.5 Å². The Bertz CT molecular complexity index is 3270. The van der Waals surface area contributed by atoms with Crippen LogP contribution in [0.25, 0.3) is 88.0 Å². The smallest absolute Gasteiger partial charge is 0.136 e. The van der Waals surface area contributed by atoms with Crippen molar-refractivity contribution < 1.29 is 8.83 Å². The van der Waals surface area contributed by atoms with Gasteiger partial charge >= 0.3 is 0 Å². The van der Waals surface area contributed by atoms with Crippen LogP contribution in [-0.4, -0.2) is 0 Å². The van der Waals surface area contributed by atoms with Crippen molar-refractivity contribution in [2.24, 2.45) is 0 Å². The van der Waals surface area contributed by atoms with E-state index in [9.17, 15) is 0 Å². The molecule has 0 bridgehead atoms. The molecule has 9 aromatic carbocycles. The lowest BCUT2D eigenvalue weighted by Gasteiger charge is -2.35. The Morgan fingerprint density at radius 2 is 0.818 bits per heavy atom. The molecule has 1 aliphatic carbocycles. The maximum atomic E-state index is 6.48. The van der Waals surface area contributed by atoms with Gasteiger partial charge in [-0.15, -0.1) is 0 Å². The quantitative estimate of drug-likeness (QED) is 0.183. The molecule has 0 N–H and O–H groups in total. The highest BCUT2D eigenvalue weighted by molar-refractivity contribution is 6.10. The summed E-state index contributed by atoms with van der Waals surface area (Å²) in [5.41, 5.74) is 15.2. The maximum absolute atomic E-state index is 6.48. The van der Waals surface area contributed by atoms with Gasteiger partial charge < -0.3 is 8.83 Å². The summed E-state index contributed by atoms with van der Waals surface area (Å²) in [7, 11) is 0. The van der Waals surface area contributed by atoms with E-state index in [1.54, 1.807) is 0 Å². The number of rotatable bonds is 4. The highest BCUT2D eigenvalue weighted by atomic mass is 16.3. The summed E-state index contributed by atoms with van der Waals surface area (Å²) >= 11 is 0. The molecule has 0 radical (unpaired) electrons. The third kappa shape index (κ3) is 4.25. The second-order valence-electron chi connectivity index (χ2n) is 14.8. The number of furan rings is 2. The van der Waals surface area contributed by atoms with Gasteiger partial charge in [0.1, 0.15) is 22.3 Å². The van der Waals surface area contributed by atoms with Crippen molar-refractivity contribution >= 4 is 54.6 Å². The van der Waals surface area contributed by atoms with E-state index in [0.29, 0.717) is 0 Å². The maximum Gasteiger partial charge on any atom is 0.136 e. The molecule has 2 aromatic heterocycles. The fourth-order valence-corrected chi connectivity index (χ4v) is 9.57. The lowest BCUT2D eigenvalue weighted by Crippen LogP contribution is -2.29. The summed E-state index contributed by atoms with van der Waals surface area (Å²) in [6, 6.07) is 70.6. The van der Waals surface area contributed by atoms with Crippen molar-refractivity contribution in [3.05, 3.63) is 216 Å². The molecule has 0 unspecified atom stereocenters. The van der Waals surface area contributed by atoms with Crippen LogP contribution in [0.5, 0.6) is 0 Å². The molecule has 0 saturated heterocycles. The van der Waals surface area contributed by atoms with Gasteiger partial charge in [0.05, 0.1) is 5.41 Å². The third-order valence-corrected chi connectivity index (χ3v) is 11.9. The fraction of sp³-hybridized carbons (Fsp3) is 0.0189. The van der Waals surface area contributed by atoms with Crippen LogP contribution in [0.1, 0.15) is 22.3 Å². The van der Waals surface area contributed by atoms with Gasteiger partial charge in [-0.3, -0.25) is 0 Å². The topological polar surface area (TPSA) is 26.3 Å². The average molecular weight is 701 g/mol. The molecule has 2 heterocycles. The van der Waals surface area contributed by atoms with E-state index in [1.807, 2.05) is 18.2 Å². The van der Waals surface area contributed by atoms with Gasteiger partial charge in [-0.1, -0.05) is 146 Å². The minimum absolute atomic E-state index is 0.605. The summed E-state index contributed by atoms with van der Waals surface area (Å²) in [5.74, 6) is 0. The largest absolute Gasteiger partial charge is 0.456 e. The Labute approximate surface area is 317 Å². The number of para-hydroxylation sites is 2. The lowest BCUT2D eigenvalue weighted by molar-refractivity contribution is 0.668. The van der Waals surface area contributed by atoms with Gasteiger partial charge in [-0.25, -0.2) is 0 Å². The highest BCUT2D eigenvalue weighted by Crippen LogP contribution is 2.61. The van der Waals surface area contributed by atoms with Crippen molar-refractivity contribution in [2.75, 3.05) is 0 Å². The van der Waals surface area contributed by atoms with Crippen LogP contribution in [0.2, 0.25) is 0 Å².